The minimum absolute atomic E-state index is 0.221. The normalized spacial score (nSPS) is 11.4. The largest absolute Gasteiger partial charge is 0.493 e. The van der Waals surface area contributed by atoms with Gasteiger partial charge in [0.15, 0.2) is 11.5 Å². The van der Waals surface area contributed by atoms with Crippen molar-refractivity contribution in [3.05, 3.63) is 23.8 Å². The van der Waals surface area contributed by atoms with Gasteiger partial charge in [0.05, 0.1) is 14.2 Å². The van der Waals surface area contributed by atoms with E-state index in [0.717, 1.165) is 0 Å². The predicted molar refractivity (Wildman–Crippen MR) is 75.2 cm³/mol. The van der Waals surface area contributed by atoms with E-state index in [9.17, 15) is 9.59 Å². The second-order valence-electron chi connectivity index (χ2n) is 4.16. The summed E-state index contributed by atoms with van der Waals surface area (Å²) < 4.78 is 10.2. The van der Waals surface area contributed by atoms with Gasteiger partial charge in [-0.1, -0.05) is 0 Å². The molecule has 0 aromatic heterocycles. The van der Waals surface area contributed by atoms with Gasteiger partial charge in [0.25, 0.3) is 5.91 Å². The molecule has 1 aromatic rings. The Kier molecular flexibility index (Phi) is 5.83. The number of carbonyl (C=O) groups excluding carboxylic acids is 2. The van der Waals surface area contributed by atoms with Crippen LogP contribution in [-0.4, -0.2) is 38.6 Å². The van der Waals surface area contributed by atoms with Gasteiger partial charge in [-0.2, -0.15) is 0 Å². The van der Waals surface area contributed by atoms with Gasteiger partial charge < -0.3 is 20.1 Å². The third kappa shape index (κ3) is 3.88. The van der Waals surface area contributed by atoms with Crippen LogP contribution in [0.5, 0.6) is 11.5 Å². The molecule has 1 unspecified atom stereocenters. The van der Waals surface area contributed by atoms with Crippen molar-refractivity contribution in [2.75, 3.05) is 20.8 Å². The Morgan fingerprint density at radius 1 is 1.20 bits per heavy atom. The van der Waals surface area contributed by atoms with Gasteiger partial charge in [0.2, 0.25) is 5.91 Å². The van der Waals surface area contributed by atoms with Crippen molar-refractivity contribution in [2.45, 2.75) is 19.9 Å². The van der Waals surface area contributed by atoms with Crippen LogP contribution in [0.3, 0.4) is 0 Å². The van der Waals surface area contributed by atoms with Crippen molar-refractivity contribution < 1.29 is 19.1 Å². The van der Waals surface area contributed by atoms with Crippen LogP contribution in [0.2, 0.25) is 0 Å². The van der Waals surface area contributed by atoms with Crippen molar-refractivity contribution >= 4 is 11.8 Å². The predicted octanol–water partition coefficient (Wildman–Crippen LogP) is 0.958. The minimum atomic E-state index is -0.601. The molecular weight excluding hydrogens is 260 g/mol. The maximum atomic E-state index is 12.0. The third-order valence-corrected chi connectivity index (χ3v) is 2.74. The molecule has 110 valence electrons. The molecule has 0 fully saturated rings. The van der Waals surface area contributed by atoms with E-state index < -0.39 is 6.04 Å². The smallest absolute Gasteiger partial charge is 0.252 e. The number of carbonyl (C=O) groups is 2. The lowest BCUT2D eigenvalue weighted by Gasteiger charge is -2.14. The molecule has 1 aromatic carbocycles. The molecule has 0 aliphatic rings. The Morgan fingerprint density at radius 3 is 2.40 bits per heavy atom. The van der Waals surface area contributed by atoms with Gasteiger partial charge >= 0.3 is 0 Å². The molecule has 0 heterocycles. The quantitative estimate of drug-likeness (QED) is 0.813. The molecule has 2 amide bonds. The highest BCUT2D eigenvalue weighted by Crippen LogP contribution is 2.27. The lowest BCUT2D eigenvalue weighted by molar-refractivity contribution is -0.122. The van der Waals surface area contributed by atoms with E-state index in [4.69, 9.17) is 9.47 Å². The van der Waals surface area contributed by atoms with Gasteiger partial charge in [-0.15, -0.1) is 0 Å². The monoisotopic (exact) mass is 280 g/mol. The molecule has 0 bridgehead atoms. The van der Waals surface area contributed by atoms with E-state index in [1.807, 2.05) is 6.92 Å². The summed E-state index contributed by atoms with van der Waals surface area (Å²) >= 11 is 0. The average molecular weight is 280 g/mol. The summed E-state index contributed by atoms with van der Waals surface area (Å²) in [5.74, 6) is 0.442. The number of rotatable bonds is 6. The molecular formula is C14H20N2O4. The number of hydrogen-bond acceptors (Lipinski definition) is 4. The number of likely N-dealkylation sites (N-methyl/N-ethyl adjacent to an activating group) is 1. The molecule has 6 heteroatoms. The van der Waals surface area contributed by atoms with Crippen LogP contribution < -0.4 is 20.1 Å². The number of amides is 2. The number of hydrogen-bond donors (Lipinski definition) is 2. The summed E-state index contributed by atoms with van der Waals surface area (Å²) in [7, 11) is 3.02. The minimum Gasteiger partial charge on any atom is -0.493 e. The van der Waals surface area contributed by atoms with Crippen LogP contribution in [0, 0.1) is 0 Å². The molecule has 0 saturated carbocycles. The molecule has 6 nitrogen and oxygen atoms in total. The molecule has 0 aliphatic heterocycles. The fourth-order valence-electron chi connectivity index (χ4n) is 1.65. The maximum absolute atomic E-state index is 12.0. The average Bonchev–Trinajstić information content (AvgIpc) is 2.46. The highest BCUT2D eigenvalue weighted by molar-refractivity contribution is 5.97. The molecule has 1 atom stereocenters. The van der Waals surface area contributed by atoms with E-state index in [-0.39, 0.29) is 11.8 Å². The topological polar surface area (TPSA) is 76.7 Å². The van der Waals surface area contributed by atoms with Gasteiger partial charge in [0, 0.05) is 12.1 Å². The number of ether oxygens (including phenoxy) is 2. The zero-order valence-corrected chi connectivity index (χ0v) is 12.1. The van der Waals surface area contributed by atoms with E-state index in [1.54, 1.807) is 25.1 Å². The molecule has 0 saturated heterocycles. The highest BCUT2D eigenvalue weighted by atomic mass is 16.5. The Labute approximate surface area is 118 Å². The van der Waals surface area contributed by atoms with Gasteiger partial charge in [-0.3, -0.25) is 9.59 Å². The van der Waals surface area contributed by atoms with Crippen molar-refractivity contribution in [3.63, 3.8) is 0 Å². The highest BCUT2D eigenvalue weighted by Gasteiger charge is 2.17. The lowest BCUT2D eigenvalue weighted by atomic mass is 10.1. The van der Waals surface area contributed by atoms with Gasteiger partial charge in [-0.05, 0) is 32.0 Å². The zero-order valence-electron chi connectivity index (χ0n) is 12.1. The van der Waals surface area contributed by atoms with E-state index in [2.05, 4.69) is 10.6 Å². The number of methoxy groups -OCH3 is 2. The fourth-order valence-corrected chi connectivity index (χ4v) is 1.65. The molecule has 20 heavy (non-hydrogen) atoms. The van der Waals surface area contributed by atoms with Crippen LogP contribution in [0.4, 0.5) is 0 Å². The second kappa shape index (κ2) is 7.37. The second-order valence-corrected chi connectivity index (χ2v) is 4.16. The van der Waals surface area contributed by atoms with Crippen LogP contribution in [0.1, 0.15) is 24.2 Å². The first-order valence-corrected chi connectivity index (χ1v) is 6.34. The Morgan fingerprint density at radius 2 is 1.85 bits per heavy atom. The molecule has 0 spiro atoms. The van der Waals surface area contributed by atoms with Crippen molar-refractivity contribution in [1.82, 2.24) is 10.6 Å². The Balaban J connectivity index is 2.80. The van der Waals surface area contributed by atoms with Crippen molar-refractivity contribution in [1.29, 1.82) is 0 Å². The molecule has 0 radical (unpaired) electrons. The SMILES string of the molecule is CCNC(=O)C(C)NC(=O)c1ccc(OC)c(OC)c1. The summed E-state index contributed by atoms with van der Waals surface area (Å²) in [6, 6.07) is 4.22. The van der Waals surface area contributed by atoms with E-state index >= 15 is 0 Å². The maximum Gasteiger partial charge on any atom is 0.252 e. The molecule has 1 rings (SSSR count). The number of nitrogens with one attached hydrogen (secondary N) is 2. The van der Waals surface area contributed by atoms with Crippen molar-refractivity contribution in [3.8, 4) is 11.5 Å². The Bertz CT molecular complexity index is 488. The molecule has 0 aliphatic carbocycles. The summed E-state index contributed by atoms with van der Waals surface area (Å²) in [5.41, 5.74) is 0.402. The number of benzene rings is 1. The summed E-state index contributed by atoms with van der Waals surface area (Å²) in [4.78, 5) is 23.6. The van der Waals surface area contributed by atoms with Crippen LogP contribution in [0.25, 0.3) is 0 Å². The van der Waals surface area contributed by atoms with Gasteiger partial charge in [-0.25, -0.2) is 0 Å². The lowest BCUT2D eigenvalue weighted by Crippen LogP contribution is -2.44. The first kappa shape index (κ1) is 15.8. The van der Waals surface area contributed by atoms with Crippen molar-refractivity contribution in [2.24, 2.45) is 0 Å². The van der Waals surface area contributed by atoms with E-state index in [1.165, 1.54) is 14.2 Å². The summed E-state index contributed by atoms with van der Waals surface area (Å²) in [6.45, 7) is 3.97. The Hall–Kier alpha value is -2.24. The van der Waals surface area contributed by atoms with Gasteiger partial charge in [0.1, 0.15) is 6.04 Å². The first-order valence-electron chi connectivity index (χ1n) is 6.34. The van der Waals surface area contributed by atoms with Crippen LogP contribution in [-0.2, 0) is 4.79 Å². The first-order chi connectivity index (χ1) is 9.53. The van der Waals surface area contributed by atoms with Crippen LogP contribution >= 0.6 is 0 Å². The summed E-state index contributed by atoms with van der Waals surface area (Å²) in [6.07, 6.45) is 0. The third-order valence-electron chi connectivity index (χ3n) is 2.74. The molecule has 2 N–H and O–H groups in total. The van der Waals surface area contributed by atoms with Crippen LogP contribution in [0.15, 0.2) is 18.2 Å². The standard InChI is InChI=1S/C14H20N2O4/c1-5-15-13(17)9(2)16-14(18)10-6-7-11(19-3)12(8-10)20-4/h6-9H,5H2,1-4H3,(H,15,17)(H,16,18). The summed E-state index contributed by atoms with van der Waals surface area (Å²) in [5, 5.41) is 5.27. The van der Waals surface area contributed by atoms with E-state index in [0.29, 0.717) is 23.6 Å². The zero-order chi connectivity index (χ0) is 15.1. The fraction of sp³-hybridized carbons (Fsp3) is 0.429.